The van der Waals surface area contributed by atoms with Gasteiger partial charge in [-0.15, -0.1) is 0 Å². The maximum absolute atomic E-state index is 13.1. The number of benzene rings is 1. The van der Waals surface area contributed by atoms with Crippen molar-refractivity contribution in [1.29, 1.82) is 0 Å². The summed E-state index contributed by atoms with van der Waals surface area (Å²) in [7, 11) is 1.63. The van der Waals surface area contributed by atoms with Crippen LogP contribution in [0.3, 0.4) is 0 Å². The number of carbonyl (C=O) groups is 2. The minimum Gasteiger partial charge on any atom is -0.497 e. The zero-order chi connectivity index (χ0) is 18.0. The molecular weight excluding hydrogens is 316 g/mol. The second kappa shape index (κ2) is 7.06. The lowest BCUT2D eigenvalue weighted by Crippen LogP contribution is -2.68. The van der Waals surface area contributed by atoms with Crippen LogP contribution in [0.5, 0.6) is 5.75 Å². The van der Waals surface area contributed by atoms with Crippen LogP contribution in [0.15, 0.2) is 24.3 Å². The number of nitrogens with zero attached hydrogens (tertiary/aromatic N) is 2. The number of likely N-dealkylation sites (tertiary alicyclic amines) is 2. The van der Waals surface area contributed by atoms with Gasteiger partial charge in [-0.3, -0.25) is 9.59 Å². The van der Waals surface area contributed by atoms with E-state index in [2.05, 4.69) is 6.92 Å². The van der Waals surface area contributed by atoms with Crippen molar-refractivity contribution in [3.8, 4) is 5.75 Å². The predicted octanol–water partition coefficient (Wildman–Crippen LogP) is 2.63. The van der Waals surface area contributed by atoms with Crippen LogP contribution in [-0.2, 0) is 16.0 Å². The molecule has 3 rings (SSSR count). The van der Waals surface area contributed by atoms with Gasteiger partial charge >= 0.3 is 0 Å². The molecule has 0 N–H and O–H groups in total. The Morgan fingerprint density at radius 1 is 1.28 bits per heavy atom. The van der Waals surface area contributed by atoms with Crippen molar-refractivity contribution in [3.63, 3.8) is 0 Å². The highest BCUT2D eigenvalue weighted by Crippen LogP contribution is 2.39. The first-order valence-electron chi connectivity index (χ1n) is 9.16. The fourth-order valence-electron chi connectivity index (χ4n) is 4.58. The average Bonchev–Trinajstić information content (AvgIpc) is 2.60. The van der Waals surface area contributed by atoms with E-state index in [1.54, 1.807) is 14.0 Å². The largest absolute Gasteiger partial charge is 0.497 e. The number of methoxy groups -OCH3 is 1. The molecule has 0 aliphatic carbocycles. The second-order valence-corrected chi connectivity index (χ2v) is 7.40. The molecule has 0 bridgehead atoms. The molecule has 5 nitrogen and oxygen atoms in total. The van der Waals surface area contributed by atoms with Crippen molar-refractivity contribution >= 4 is 11.8 Å². The van der Waals surface area contributed by atoms with Crippen LogP contribution in [0, 0.1) is 0 Å². The van der Waals surface area contributed by atoms with Crippen molar-refractivity contribution < 1.29 is 14.3 Å². The van der Waals surface area contributed by atoms with Gasteiger partial charge in [0.25, 0.3) is 0 Å². The molecule has 2 aliphatic heterocycles. The molecule has 0 saturated carbocycles. The van der Waals surface area contributed by atoms with E-state index in [1.807, 2.05) is 34.1 Å². The molecule has 2 fully saturated rings. The summed E-state index contributed by atoms with van der Waals surface area (Å²) in [5.74, 6) is 1.04. The SMILES string of the molecule is COc1cccc(CC(=O)N2CCC[C@@H]3N(C(C)=O)CCC[C@@]32C)c1. The average molecular weight is 344 g/mol. The van der Waals surface area contributed by atoms with Gasteiger partial charge in [-0.2, -0.15) is 0 Å². The molecule has 0 radical (unpaired) electrons. The van der Waals surface area contributed by atoms with Crippen LogP contribution in [0.25, 0.3) is 0 Å². The first-order chi connectivity index (χ1) is 12.0. The lowest BCUT2D eigenvalue weighted by Gasteiger charge is -2.56. The van der Waals surface area contributed by atoms with E-state index in [9.17, 15) is 9.59 Å². The summed E-state index contributed by atoms with van der Waals surface area (Å²) in [6, 6.07) is 7.83. The minimum absolute atomic E-state index is 0.123. The van der Waals surface area contributed by atoms with Gasteiger partial charge < -0.3 is 14.5 Å². The van der Waals surface area contributed by atoms with Crippen molar-refractivity contribution in [1.82, 2.24) is 9.80 Å². The first-order valence-corrected chi connectivity index (χ1v) is 9.16. The summed E-state index contributed by atoms with van der Waals surface area (Å²) >= 11 is 0. The molecule has 2 saturated heterocycles. The van der Waals surface area contributed by atoms with Crippen molar-refractivity contribution in [2.24, 2.45) is 0 Å². The number of rotatable bonds is 3. The standard InChI is InChI=1S/C20H28N2O3/c1-15(23)21-11-6-10-20(2)18(21)9-5-12-22(20)19(24)14-16-7-4-8-17(13-16)25-3/h4,7-8,13,18H,5-6,9-12,14H2,1-3H3/t18-,20-/m0/s1. The van der Waals surface area contributed by atoms with Crippen LogP contribution in [0.4, 0.5) is 0 Å². The Kier molecular flexibility index (Phi) is 5.02. The molecule has 2 aliphatic rings. The van der Waals surface area contributed by atoms with Crippen LogP contribution in [0.2, 0.25) is 0 Å². The van der Waals surface area contributed by atoms with Crippen molar-refractivity contribution in [3.05, 3.63) is 29.8 Å². The maximum atomic E-state index is 13.1. The van der Waals surface area contributed by atoms with Gasteiger partial charge in [-0.25, -0.2) is 0 Å². The third kappa shape index (κ3) is 3.37. The summed E-state index contributed by atoms with van der Waals surface area (Å²) in [5.41, 5.74) is 0.715. The fourth-order valence-corrected chi connectivity index (χ4v) is 4.58. The van der Waals surface area contributed by atoms with E-state index in [0.717, 1.165) is 50.1 Å². The third-order valence-corrected chi connectivity index (χ3v) is 5.85. The normalized spacial score (nSPS) is 26.1. The summed E-state index contributed by atoms with van der Waals surface area (Å²) < 4.78 is 5.26. The number of piperidine rings is 2. The topological polar surface area (TPSA) is 49.9 Å². The summed E-state index contributed by atoms with van der Waals surface area (Å²) in [5, 5.41) is 0. The van der Waals surface area contributed by atoms with Crippen LogP contribution < -0.4 is 4.74 Å². The second-order valence-electron chi connectivity index (χ2n) is 7.40. The zero-order valence-corrected chi connectivity index (χ0v) is 15.5. The number of ether oxygens (including phenoxy) is 1. The number of fused-ring (bicyclic) bond motifs is 1. The Bertz CT molecular complexity index is 660. The zero-order valence-electron chi connectivity index (χ0n) is 15.5. The molecule has 1 aromatic carbocycles. The molecule has 0 aromatic heterocycles. The van der Waals surface area contributed by atoms with Gasteiger partial charge in [0, 0.05) is 20.0 Å². The fraction of sp³-hybridized carbons (Fsp3) is 0.600. The molecule has 1 aromatic rings. The summed E-state index contributed by atoms with van der Waals surface area (Å²) in [4.78, 5) is 29.1. The quantitative estimate of drug-likeness (QED) is 0.847. The van der Waals surface area contributed by atoms with E-state index >= 15 is 0 Å². The molecule has 2 amide bonds. The molecule has 2 heterocycles. The van der Waals surface area contributed by atoms with E-state index in [-0.39, 0.29) is 23.4 Å². The van der Waals surface area contributed by atoms with E-state index < -0.39 is 0 Å². The lowest BCUT2D eigenvalue weighted by atomic mass is 9.75. The van der Waals surface area contributed by atoms with Crippen LogP contribution in [0.1, 0.15) is 45.1 Å². The number of hydrogen-bond donors (Lipinski definition) is 0. The molecular formula is C20H28N2O3. The van der Waals surface area contributed by atoms with Gasteiger partial charge in [0.15, 0.2) is 0 Å². The highest BCUT2D eigenvalue weighted by molar-refractivity contribution is 5.80. The van der Waals surface area contributed by atoms with Gasteiger partial charge in [-0.1, -0.05) is 12.1 Å². The Hall–Kier alpha value is -2.04. The molecule has 2 atom stereocenters. The maximum Gasteiger partial charge on any atom is 0.227 e. The van der Waals surface area contributed by atoms with Gasteiger partial charge in [0.05, 0.1) is 25.1 Å². The first kappa shape index (κ1) is 17.8. The molecule has 25 heavy (non-hydrogen) atoms. The predicted molar refractivity (Wildman–Crippen MR) is 96.5 cm³/mol. The smallest absolute Gasteiger partial charge is 0.227 e. The number of hydrogen-bond acceptors (Lipinski definition) is 3. The Morgan fingerprint density at radius 2 is 2.08 bits per heavy atom. The highest BCUT2D eigenvalue weighted by atomic mass is 16.5. The lowest BCUT2D eigenvalue weighted by molar-refractivity contribution is -0.154. The monoisotopic (exact) mass is 344 g/mol. The molecule has 0 unspecified atom stereocenters. The molecule has 0 spiro atoms. The van der Waals surface area contributed by atoms with Crippen molar-refractivity contribution in [2.45, 2.75) is 57.5 Å². The van der Waals surface area contributed by atoms with Crippen molar-refractivity contribution in [2.75, 3.05) is 20.2 Å². The van der Waals surface area contributed by atoms with E-state index in [4.69, 9.17) is 4.74 Å². The Labute approximate surface area is 149 Å². The molecule has 5 heteroatoms. The summed E-state index contributed by atoms with van der Waals surface area (Å²) in [6.45, 7) is 5.40. The van der Waals surface area contributed by atoms with E-state index in [0.29, 0.717) is 6.42 Å². The number of amides is 2. The van der Waals surface area contributed by atoms with Gasteiger partial charge in [0.2, 0.25) is 11.8 Å². The van der Waals surface area contributed by atoms with E-state index in [1.165, 1.54) is 0 Å². The minimum atomic E-state index is -0.252. The molecule has 136 valence electrons. The van der Waals surface area contributed by atoms with Crippen LogP contribution >= 0.6 is 0 Å². The van der Waals surface area contributed by atoms with Gasteiger partial charge in [-0.05, 0) is 50.3 Å². The summed E-state index contributed by atoms with van der Waals surface area (Å²) in [6.07, 6.45) is 4.23. The van der Waals surface area contributed by atoms with Gasteiger partial charge in [0.1, 0.15) is 5.75 Å². The third-order valence-electron chi connectivity index (χ3n) is 5.85. The highest BCUT2D eigenvalue weighted by Gasteiger charge is 2.49. The number of carbonyl (C=O) groups excluding carboxylic acids is 2. The Morgan fingerprint density at radius 3 is 2.80 bits per heavy atom. The van der Waals surface area contributed by atoms with Crippen LogP contribution in [-0.4, -0.2) is 53.4 Å². The Balaban J connectivity index is 1.80.